The number of para-hydroxylation sites is 2. The second-order valence-corrected chi connectivity index (χ2v) is 5.23. The summed E-state index contributed by atoms with van der Waals surface area (Å²) in [7, 11) is 0. The standard InChI is InChI=1S/C15H11N3O2S/c16-15-17(12-8-4-5-9-13(12)18(19)20)14(10-21-15)11-6-2-1-3-7-11/h1-10,16H. The molecule has 2 aromatic carbocycles. The molecule has 3 aromatic rings. The number of nitro benzene ring substituents is 1. The first-order valence-electron chi connectivity index (χ1n) is 6.23. The summed E-state index contributed by atoms with van der Waals surface area (Å²) in [5.74, 6) is 0. The smallest absolute Gasteiger partial charge is 0.279 e. The van der Waals surface area contributed by atoms with Crippen molar-refractivity contribution < 1.29 is 4.92 Å². The van der Waals surface area contributed by atoms with E-state index in [0.717, 1.165) is 11.3 Å². The lowest BCUT2D eigenvalue weighted by atomic mass is 10.1. The summed E-state index contributed by atoms with van der Waals surface area (Å²) in [5.41, 5.74) is 2.10. The Morgan fingerprint density at radius 3 is 2.43 bits per heavy atom. The minimum atomic E-state index is -0.422. The van der Waals surface area contributed by atoms with Gasteiger partial charge in [0.1, 0.15) is 5.69 Å². The molecular weight excluding hydrogens is 286 g/mol. The fraction of sp³-hybridized carbons (Fsp3) is 0. The maximum Gasteiger partial charge on any atom is 0.293 e. The highest BCUT2D eigenvalue weighted by molar-refractivity contribution is 7.07. The molecule has 1 aromatic heterocycles. The maximum atomic E-state index is 11.2. The van der Waals surface area contributed by atoms with Crippen LogP contribution in [0.25, 0.3) is 16.9 Å². The SMILES string of the molecule is N=c1scc(-c2ccccc2)n1-c1ccccc1[N+](=O)[O-]. The first-order valence-corrected chi connectivity index (χ1v) is 7.11. The molecule has 3 rings (SSSR count). The second kappa shape index (κ2) is 5.34. The summed E-state index contributed by atoms with van der Waals surface area (Å²) in [4.78, 5) is 11.0. The summed E-state index contributed by atoms with van der Waals surface area (Å²) in [6.45, 7) is 0. The number of hydrogen-bond donors (Lipinski definition) is 1. The number of nitro groups is 1. The van der Waals surface area contributed by atoms with Gasteiger partial charge in [0.2, 0.25) is 0 Å². The number of thiazole rings is 1. The van der Waals surface area contributed by atoms with Gasteiger partial charge >= 0.3 is 0 Å². The van der Waals surface area contributed by atoms with Crippen molar-refractivity contribution in [3.63, 3.8) is 0 Å². The number of nitrogens with one attached hydrogen (secondary N) is 1. The Morgan fingerprint density at radius 1 is 1.05 bits per heavy atom. The third-order valence-electron chi connectivity index (χ3n) is 3.12. The molecule has 5 nitrogen and oxygen atoms in total. The molecule has 0 fully saturated rings. The predicted octanol–water partition coefficient (Wildman–Crippen LogP) is 3.59. The summed E-state index contributed by atoms with van der Waals surface area (Å²) in [6, 6.07) is 16.0. The van der Waals surface area contributed by atoms with E-state index in [4.69, 9.17) is 5.41 Å². The molecule has 104 valence electrons. The first kappa shape index (κ1) is 13.3. The van der Waals surface area contributed by atoms with E-state index in [1.807, 2.05) is 35.7 Å². The molecule has 0 amide bonds. The average Bonchev–Trinajstić information content (AvgIpc) is 2.89. The second-order valence-electron chi connectivity index (χ2n) is 4.37. The highest BCUT2D eigenvalue weighted by atomic mass is 32.1. The molecule has 0 aliphatic heterocycles. The quantitative estimate of drug-likeness (QED) is 0.592. The average molecular weight is 297 g/mol. The van der Waals surface area contributed by atoms with Crippen LogP contribution in [0.15, 0.2) is 60.0 Å². The third-order valence-corrected chi connectivity index (χ3v) is 3.86. The molecule has 6 heteroatoms. The lowest BCUT2D eigenvalue weighted by Gasteiger charge is -2.09. The Labute approximate surface area is 124 Å². The lowest BCUT2D eigenvalue weighted by molar-refractivity contribution is -0.384. The van der Waals surface area contributed by atoms with Crippen molar-refractivity contribution in [1.82, 2.24) is 4.57 Å². The van der Waals surface area contributed by atoms with Crippen LogP contribution in [0.2, 0.25) is 0 Å². The zero-order valence-corrected chi connectivity index (χ0v) is 11.7. The molecule has 0 bridgehead atoms. The summed E-state index contributed by atoms with van der Waals surface area (Å²) in [5, 5.41) is 21.1. The van der Waals surface area contributed by atoms with E-state index in [1.165, 1.54) is 17.4 Å². The molecule has 0 aliphatic carbocycles. The van der Waals surface area contributed by atoms with Gasteiger partial charge in [-0.2, -0.15) is 0 Å². The van der Waals surface area contributed by atoms with Gasteiger partial charge in [-0.05, 0) is 11.6 Å². The van der Waals surface area contributed by atoms with Crippen LogP contribution >= 0.6 is 11.3 Å². The molecule has 0 unspecified atom stereocenters. The van der Waals surface area contributed by atoms with Crippen LogP contribution < -0.4 is 4.80 Å². The van der Waals surface area contributed by atoms with Gasteiger partial charge in [-0.1, -0.05) is 42.5 Å². The molecule has 1 N–H and O–H groups in total. The molecule has 1 heterocycles. The zero-order chi connectivity index (χ0) is 14.8. The Kier molecular flexibility index (Phi) is 3.37. The summed E-state index contributed by atoms with van der Waals surface area (Å²) < 4.78 is 1.61. The van der Waals surface area contributed by atoms with Gasteiger partial charge < -0.3 is 0 Å². The van der Waals surface area contributed by atoms with Gasteiger partial charge in [-0.3, -0.25) is 20.1 Å². The van der Waals surface area contributed by atoms with Crippen LogP contribution in [0.3, 0.4) is 0 Å². The van der Waals surface area contributed by atoms with Crippen LogP contribution in [0.5, 0.6) is 0 Å². The molecular formula is C15H11N3O2S. The first-order chi connectivity index (χ1) is 10.2. The van der Waals surface area contributed by atoms with Gasteiger partial charge in [0.15, 0.2) is 4.80 Å². The summed E-state index contributed by atoms with van der Waals surface area (Å²) in [6.07, 6.45) is 0. The lowest BCUT2D eigenvalue weighted by Crippen LogP contribution is -2.13. The molecule has 0 atom stereocenters. The summed E-state index contributed by atoms with van der Waals surface area (Å²) >= 11 is 1.25. The normalized spacial score (nSPS) is 10.5. The van der Waals surface area contributed by atoms with E-state index < -0.39 is 4.92 Å². The van der Waals surface area contributed by atoms with Crippen LogP contribution in [-0.4, -0.2) is 9.49 Å². The monoisotopic (exact) mass is 297 g/mol. The van der Waals surface area contributed by atoms with E-state index >= 15 is 0 Å². The molecule has 21 heavy (non-hydrogen) atoms. The van der Waals surface area contributed by atoms with Crippen LogP contribution in [-0.2, 0) is 0 Å². The largest absolute Gasteiger partial charge is 0.293 e. The van der Waals surface area contributed by atoms with Crippen molar-refractivity contribution in [1.29, 1.82) is 5.41 Å². The van der Waals surface area contributed by atoms with Crippen molar-refractivity contribution in [3.8, 4) is 16.9 Å². The van der Waals surface area contributed by atoms with Crippen LogP contribution in [0.4, 0.5) is 5.69 Å². The number of rotatable bonds is 3. The molecule has 0 saturated heterocycles. The highest BCUT2D eigenvalue weighted by Gasteiger charge is 2.18. The molecule has 0 spiro atoms. The van der Waals surface area contributed by atoms with Crippen LogP contribution in [0, 0.1) is 15.5 Å². The Bertz CT molecular complexity index is 853. The topological polar surface area (TPSA) is 71.9 Å². The third kappa shape index (κ3) is 2.36. The minimum Gasteiger partial charge on any atom is -0.279 e. The fourth-order valence-corrected chi connectivity index (χ4v) is 2.95. The van der Waals surface area contributed by atoms with Gasteiger partial charge in [0, 0.05) is 11.4 Å². The minimum absolute atomic E-state index is 0.00780. The van der Waals surface area contributed by atoms with Gasteiger partial charge in [-0.15, -0.1) is 11.3 Å². The predicted molar refractivity (Wildman–Crippen MR) is 81.6 cm³/mol. The van der Waals surface area contributed by atoms with Gasteiger partial charge in [-0.25, -0.2) is 0 Å². The van der Waals surface area contributed by atoms with Crippen molar-refractivity contribution in [3.05, 3.63) is 74.9 Å². The van der Waals surface area contributed by atoms with Crippen molar-refractivity contribution in [2.45, 2.75) is 0 Å². The Morgan fingerprint density at radius 2 is 1.71 bits per heavy atom. The van der Waals surface area contributed by atoms with Crippen molar-refractivity contribution in [2.75, 3.05) is 0 Å². The van der Waals surface area contributed by atoms with Crippen molar-refractivity contribution in [2.24, 2.45) is 0 Å². The fourth-order valence-electron chi connectivity index (χ4n) is 2.18. The maximum absolute atomic E-state index is 11.2. The van der Waals surface area contributed by atoms with Gasteiger partial charge in [0.25, 0.3) is 5.69 Å². The molecule has 0 aliphatic rings. The number of nitrogens with zero attached hydrogens (tertiary/aromatic N) is 2. The van der Waals surface area contributed by atoms with Gasteiger partial charge in [0.05, 0.1) is 10.6 Å². The van der Waals surface area contributed by atoms with Crippen molar-refractivity contribution >= 4 is 17.0 Å². The van der Waals surface area contributed by atoms with E-state index in [0.29, 0.717) is 5.69 Å². The number of benzene rings is 2. The van der Waals surface area contributed by atoms with E-state index in [1.54, 1.807) is 22.8 Å². The number of aromatic nitrogens is 1. The molecule has 0 saturated carbocycles. The molecule has 0 radical (unpaired) electrons. The Balaban J connectivity index is 2.28. The van der Waals surface area contributed by atoms with E-state index in [-0.39, 0.29) is 10.5 Å². The zero-order valence-electron chi connectivity index (χ0n) is 10.9. The van der Waals surface area contributed by atoms with E-state index in [9.17, 15) is 10.1 Å². The van der Waals surface area contributed by atoms with E-state index in [2.05, 4.69) is 0 Å². The number of hydrogen-bond acceptors (Lipinski definition) is 4. The Hall–Kier alpha value is -2.73. The van der Waals surface area contributed by atoms with Crippen LogP contribution in [0.1, 0.15) is 0 Å². The highest BCUT2D eigenvalue weighted by Crippen LogP contribution is 2.28.